The minimum atomic E-state index is -0.174. The first kappa shape index (κ1) is 16.5. The first-order valence-corrected chi connectivity index (χ1v) is 7.90. The molecular weight excluding hydrogens is 259 g/mol. The van der Waals surface area contributed by atoms with E-state index in [1.807, 2.05) is 6.07 Å². The van der Waals surface area contributed by atoms with Crippen LogP contribution in [0.5, 0.6) is 0 Å². The summed E-state index contributed by atoms with van der Waals surface area (Å²) in [6, 6.07) is 6.79. The molecule has 0 radical (unpaired) electrons. The lowest BCUT2D eigenvalue weighted by molar-refractivity contribution is 0.114. The molecule has 0 bridgehead atoms. The van der Waals surface area contributed by atoms with Crippen molar-refractivity contribution in [2.75, 3.05) is 12.4 Å². The van der Waals surface area contributed by atoms with Gasteiger partial charge >= 0.3 is 0 Å². The topological polar surface area (TPSA) is 9.23 Å². The van der Waals surface area contributed by atoms with Crippen molar-refractivity contribution in [2.45, 2.75) is 51.6 Å². The van der Waals surface area contributed by atoms with Gasteiger partial charge in [-0.3, -0.25) is 0 Å². The summed E-state index contributed by atoms with van der Waals surface area (Å²) in [6.45, 7) is 1.11. The van der Waals surface area contributed by atoms with Crippen molar-refractivity contribution < 1.29 is 9.13 Å². The number of unbranched alkanes of at least 4 members (excludes halogenated alkanes) is 6. The van der Waals surface area contributed by atoms with E-state index in [9.17, 15) is 4.39 Å². The molecule has 0 aliphatic rings. The van der Waals surface area contributed by atoms with Crippen LogP contribution in [0.15, 0.2) is 24.3 Å². The van der Waals surface area contributed by atoms with Crippen molar-refractivity contribution >= 4 is 12.6 Å². The highest BCUT2D eigenvalue weighted by atomic mass is 32.1. The lowest BCUT2D eigenvalue weighted by Crippen LogP contribution is -1.97. The van der Waals surface area contributed by atoms with Gasteiger partial charge in [-0.1, -0.05) is 50.3 Å². The first-order valence-electron chi connectivity index (χ1n) is 7.26. The van der Waals surface area contributed by atoms with Crippen LogP contribution in [0.2, 0.25) is 0 Å². The molecule has 1 nitrogen and oxygen atoms in total. The van der Waals surface area contributed by atoms with Gasteiger partial charge in [-0.25, -0.2) is 4.39 Å². The number of rotatable bonds is 11. The predicted octanol–water partition coefficient (Wildman–Crippen LogP) is 5.00. The Morgan fingerprint density at radius 3 is 2.21 bits per heavy atom. The Morgan fingerprint density at radius 2 is 1.53 bits per heavy atom. The number of ether oxygens (including phenoxy) is 1. The van der Waals surface area contributed by atoms with E-state index < -0.39 is 0 Å². The lowest BCUT2D eigenvalue weighted by Gasteiger charge is -2.05. The second-order valence-corrected chi connectivity index (χ2v) is 5.29. The molecule has 0 N–H and O–H groups in total. The Bertz CT molecular complexity index is 330. The fourth-order valence-corrected chi connectivity index (χ4v) is 2.22. The summed E-state index contributed by atoms with van der Waals surface area (Å²) in [5.74, 6) is 0.829. The number of thiol groups is 1. The molecule has 1 aromatic carbocycles. The van der Waals surface area contributed by atoms with Gasteiger partial charge in [0.2, 0.25) is 0 Å². The van der Waals surface area contributed by atoms with E-state index in [0.29, 0.717) is 12.2 Å². The van der Waals surface area contributed by atoms with Crippen LogP contribution < -0.4 is 0 Å². The number of benzene rings is 1. The summed E-state index contributed by atoms with van der Waals surface area (Å²) in [7, 11) is 0. The normalized spacial score (nSPS) is 10.8. The van der Waals surface area contributed by atoms with Crippen LogP contribution in [0.25, 0.3) is 0 Å². The van der Waals surface area contributed by atoms with Crippen LogP contribution in [0.4, 0.5) is 4.39 Å². The molecule has 0 unspecified atom stereocenters. The quantitative estimate of drug-likeness (QED) is 0.444. The van der Waals surface area contributed by atoms with Crippen molar-refractivity contribution in [3.05, 3.63) is 35.6 Å². The van der Waals surface area contributed by atoms with Crippen LogP contribution >= 0.6 is 12.6 Å². The number of hydrogen-bond acceptors (Lipinski definition) is 2. The Kier molecular flexibility index (Phi) is 9.82. The van der Waals surface area contributed by atoms with Crippen molar-refractivity contribution in [3.63, 3.8) is 0 Å². The third-order valence-corrected chi connectivity index (χ3v) is 3.48. The largest absolute Gasteiger partial charge is 0.377 e. The maximum absolute atomic E-state index is 13.3. The molecule has 1 aromatic rings. The summed E-state index contributed by atoms with van der Waals surface area (Å²) in [4.78, 5) is 0. The highest BCUT2D eigenvalue weighted by molar-refractivity contribution is 7.80. The standard InChI is InChI=1S/C16H25FOS/c17-16-11-7-6-10-15(16)14-18-12-8-4-2-1-3-5-9-13-19/h6-7,10-11,19H,1-5,8-9,12-14H2. The van der Waals surface area contributed by atoms with Gasteiger partial charge in [-0.15, -0.1) is 0 Å². The fraction of sp³-hybridized carbons (Fsp3) is 0.625. The van der Waals surface area contributed by atoms with Gasteiger partial charge in [0.15, 0.2) is 0 Å². The van der Waals surface area contributed by atoms with Gasteiger partial charge in [0, 0.05) is 12.2 Å². The Morgan fingerprint density at radius 1 is 0.895 bits per heavy atom. The summed E-state index contributed by atoms with van der Waals surface area (Å²) in [5, 5.41) is 0. The van der Waals surface area contributed by atoms with Crippen molar-refractivity contribution in [2.24, 2.45) is 0 Å². The van der Waals surface area contributed by atoms with Gasteiger partial charge in [0.1, 0.15) is 5.82 Å². The van der Waals surface area contributed by atoms with Crippen molar-refractivity contribution in [1.29, 1.82) is 0 Å². The minimum absolute atomic E-state index is 0.174. The van der Waals surface area contributed by atoms with Crippen LogP contribution in [-0.4, -0.2) is 12.4 Å². The van der Waals surface area contributed by atoms with Crippen LogP contribution in [0, 0.1) is 5.82 Å². The molecule has 0 fully saturated rings. The summed E-state index contributed by atoms with van der Waals surface area (Å²) in [6.07, 6.45) is 8.70. The molecule has 0 aromatic heterocycles. The van der Waals surface area contributed by atoms with Gasteiger partial charge in [-0.05, 0) is 24.7 Å². The van der Waals surface area contributed by atoms with Gasteiger partial charge in [-0.2, -0.15) is 12.6 Å². The molecule has 0 aliphatic heterocycles. The van der Waals surface area contributed by atoms with E-state index >= 15 is 0 Å². The molecule has 1 rings (SSSR count). The Labute approximate surface area is 122 Å². The van der Waals surface area contributed by atoms with E-state index in [1.54, 1.807) is 12.1 Å². The highest BCUT2D eigenvalue weighted by Crippen LogP contribution is 2.10. The molecule has 19 heavy (non-hydrogen) atoms. The van der Waals surface area contributed by atoms with Crippen LogP contribution in [0.3, 0.4) is 0 Å². The smallest absolute Gasteiger partial charge is 0.128 e. The van der Waals surface area contributed by atoms with Crippen LogP contribution in [0.1, 0.15) is 50.5 Å². The van der Waals surface area contributed by atoms with Gasteiger partial charge < -0.3 is 4.74 Å². The monoisotopic (exact) mass is 284 g/mol. The molecule has 0 saturated heterocycles. The molecule has 0 atom stereocenters. The third kappa shape index (κ3) is 8.27. The van der Waals surface area contributed by atoms with Crippen molar-refractivity contribution in [3.8, 4) is 0 Å². The van der Waals surface area contributed by atoms with E-state index in [-0.39, 0.29) is 5.82 Å². The van der Waals surface area contributed by atoms with E-state index in [2.05, 4.69) is 12.6 Å². The number of hydrogen-bond donors (Lipinski definition) is 1. The maximum Gasteiger partial charge on any atom is 0.128 e. The summed E-state index contributed by atoms with van der Waals surface area (Å²) in [5.41, 5.74) is 0.647. The Balaban J connectivity index is 1.90. The number of halogens is 1. The average molecular weight is 284 g/mol. The zero-order valence-corrected chi connectivity index (χ0v) is 12.5. The summed E-state index contributed by atoms with van der Waals surface area (Å²) < 4.78 is 18.8. The Hall–Kier alpha value is -0.540. The molecule has 108 valence electrons. The van der Waals surface area contributed by atoms with Gasteiger partial charge in [0.25, 0.3) is 0 Å². The fourth-order valence-electron chi connectivity index (χ4n) is 2.00. The lowest BCUT2D eigenvalue weighted by atomic mass is 10.1. The second-order valence-electron chi connectivity index (χ2n) is 4.84. The molecule has 0 spiro atoms. The maximum atomic E-state index is 13.3. The molecular formula is C16H25FOS. The van der Waals surface area contributed by atoms with Crippen LogP contribution in [-0.2, 0) is 11.3 Å². The SMILES string of the molecule is Fc1ccccc1COCCCCCCCCCS. The molecule has 0 aliphatic carbocycles. The molecule has 3 heteroatoms. The minimum Gasteiger partial charge on any atom is -0.377 e. The van der Waals surface area contributed by atoms with Gasteiger partial charge in [0.05, 0.1) is 6.61 Å². The zero-order valence-electron chi connectivity index (χ0n) is 11.6. The molecule has 0 heterocycles. The van der Waals surface area contributed by atoms with Crippen molar-refractivity contribution in [1.82, 2.24) is 0 Å². The molecule has 0 amide bonds. The average Bonchev–Trinajstić information content (AvgIpc) is 2.43. The first-order chi connectivity index (χ1) is 9.34. The highest BCUT2D eigenvalue weighted by Gasteiger charge is 1.99. The molecule has 0 saturated carbocycles. The second kappa shape index (κ2) is 11.3. The van der Waals surface area contributed by atoms with E-state index in [4.69, 9.17) is 4.74 Å². The summed E-state index contributed by atoms with van der Waals surface area (Å²) >= 11 is 4.20. The predicted molar refractivity (Wildman–Crippen MR) is 82.2 cm³/mol. The third-order valence-electron chi connectivity index (χ3n) is 3.16. The zero-order chi connectivity index (χ0) is 13.8. The van der Waals surface area contributed by atoms with E-state index in [1.165, 1.54) is 44.6 Å². The van der Waals surface area contributed by atoms with E-state index in [0.717, 1.165) is 18.8 Å².